The fourth-order valence-electron chi connectivity index (χ4n) is 1.54. The monoisotopic (exact) mass is 238 g/mol. The molecule has 94 valence electrons. The van der Waals surface area contributed by atoms with E-state index in [1.807, 2.05) is 13.8 Å². The molecule has 0 saturated heterocycles. The molecule has 1 aromatic carbocycles. The Labute approximate surface area is 101 Å². The van der Waals surface area contributed by atoms with Crippen molar-refractivity contribution in [2.24, 2.45) is 5.73 Å². The van der Waals surface area contributed by atoms with Crippen LogP contribution in [0.3, 0.4) is 0 Å². The van der Waals surface area contributed by atoms with Gasteiger partial charge in [-0.2, -0.15) is 0 Å². The lowest BCUT2D eigenvalue weighted by atomic mass is 9.84. The highest BCUT2D eigenvalue weighted by Crippen LogP contribution is 2.22. The van der Waals surface area contributed by atoms with Crippen molar-refractivity contribution in [1.82, 2.24) is 5.32 Å². The van der Waals surface area contributed by atoms with E-state index in [2.05, 4.69) is 5.32 Å². The van der Waals surface area contributed by atoms with Crippen molar-refractivity contribution >= 4 is 5.91 Å². The molecule has 3 nitrogen and oxygen atoms in total. The van der Waals surface area contributed by atoms with Crippen molar-refractivity contribution in [2.75, 3.05) is 13.1 Å². The molecule has 0 fully saturated rings. The van der Waals surface area contributed by atoms with Gasteiger partial charge in [-0.25, -0.2) is 4.39 Å². The van der Waals surface area contributed by atoms with Crippen LogP contribution in [0.25, 0.3) is 0 Å². The van der Waals surface area contributed by atoms with Crippen LogP contribution in [-0.4, -0.2) is 19.0 Å². The summed E-state index contributed by atoms with van der Waals surface area (Å²) < 4.78 is 12.8. The third kappa shape index (κ3) is 4.15. The lowest BCUT2D eigenvalue weighted by Gasteiger charge is -2.25. The summed E-state index contributed by atoms with van der Waals surface area (Å²) >= 11 is 0. The summed E-state index contributed by atoms with van der Waals surface area (Å²) in [4.78, 5) is 11.3. The Morgan fingerprint density at radius 3 is 2.47 bits per heavy atom. The van der Waals surface area contributed by atoms with Gasteiger partial charge in [-0.05, 0) is 17.7 Å². The van der Waals surface area contributed by atoms with E-state index in [0.29, 0.717) is 19.5 Å². The molecule has 0 aromatic heterocycles. The van der Waals surface area contributed by atoms with E-state index in [0.717, 1.165) is 5.56 Å². The summed E-state index contributed by atoms with van der Waals surface area (Å²) in [5, 5.41) is 2.82. The van der Waals surface area contributed by atoms with Gasteiger partial charge in [0.25, 0.3) is 0 Å². The molecule has 17 heavy (non-hydrogen) atoms. The highest BCUT2D eigenvalue weighted by atomic mass is 19.1. The van der Waals surface area contributed by atoms with Crippen LogP contribution in [0.5, 0.6) is 0 Å². The number of rotatable bonds is 5. The first-order chi connectivity index (χ1) is 7.95. The Bertz CT molecular complexity index is 374. The number of hydrogen-bond donors (Lipinski definition) is 2. The Balaban J connectivity index is 2.61. The molecule has 0 unspecified atom stereocenters. The molecule has 0 aliphatic carbocycles. The summed E-state index contributed by atoms with van der Waals surface area (Å²) in [5.74, 6) is -0.306. The molecule has 1 aromatic rings. The molecule has 0 spiro atoms. The average molecular weight is 238 g/mol. The number of amides is 1. The molecule has 0 radical (unpaired) electrons. The number of carbonyl (C=O) groups is 1. The summed E-state index contributed by atoms with van der Waals surface area (Å²) in [5.41, 5.74) is 6.06. The molecule has 4 heteroatoms. The largest absolute Gasteiger partial charge is 0.355 e. The topological polar surface area (TPSA) is 55.1 Å². The third-order valence-corrected chi connectivity index (χ3v) is 2.72. The summed E-state index contributed by atoms with van der Waals surface area (Å²) in [6, 6.07) is 6.34. The lowest BCUT2D eigenvalue weighted by molar-refractivity contribution is -0.121. The number of nitrogens with one attached hydrogen (secondary N) is 1. The zero-order valence-corrected chi connectivity index (χ0v) is 10.3. The Hall–Kier alpha value is -1.42. The Morgan fingerprint density at radius 2 is 1.94 bits per heavy atom. The van der Waals surface area contributed by atoms with Gasteiger partial charge in [0.05, 0.1) is 0 Å². The van der Waals surface area contributed by atoms with E-state index in [-0.39, 0.29) is 17.1 Å². The van der Waals surface area contributed by atoms with Crippen LogP contribution < -0.4 is 11.1 Å². The van der Waals surface area contributed by atoms with Crippen LogP contribution in [0.1, 0.15) is 25.8 Å². The van der Waals surface area contributed by atoms with Gasteiger partial charge in [0.1, 0.15) is 5.82 Å². The molecule has 0 aliphatic heterocycles. The fourth-order valence-corrected chi connectivity index (χ4v) is 1.54. The van der Waals surface area contributed by atoms with Crippen LogP contribution in [0.15, 0.2) is 24.3 Å². The quantitative estimate of drug-likeness (QED) is 0.818. The predicted molar refractivity (Wildman–Crippen MR) is 66.1 cm³/mol. The third-order valence-electron chi connectivity index (χ3n) is 2.72. The van der Waals surface area contributed by atoms with Crippen LogP contribution in [0, 0.1) is 5.82 Å². The van der Waals surface area contributed by atoms with Crippen LogP contribution >= 0.6 is 0 Å². The SMILES string of the molecule is CC(C)(CNC(=O)CCN)c1ccc(F)cc1. The molecule has 0 aliphatic rings. The zero-order valence-electron chi connectivity index (χ0n) is 10.3. The lowest BCUT2D eigenvalue weighted by Crippen LogP contribution is -2.37. The van der Waals surface area contributed by atoms with E-state index in [1.165, 1.54) is 12.1 Å². The summed E-state index contributed by atoms with van der Waals surface area (Å²) in [6.07, 6.45) is 0.333. The zero-order chi connectivity index (χ0) is 12.9. The van der Waals surface area contributed by atoms with Gasteiger partial charge in [0.15, 0.2) is 0 Å². The van der Waals surface area contributed by atoms with Crippen LogP contribution in [0.4, 0.5) is 4.39 Å². The smallest absolute Gasteiger partial charge is 0.221 e. The van der Waals surface area contributed by atoms with Gasteiger partial charge in [0.2, 0.25) is 5.91 Å². The van der Waals surface area contributed by atoms with Crippen molar-refractivity contribution in [3.63, 3.8) is 0 Å². The molecule has 1 amide bonds. The fraction of sp³-hybridized carbons (Fsp3) is 0.462. The standard InChI is InChI=1S/C13H19FN2O/c1-13(2,9-16-12(17)7-8-15)10-3-5-11(14)6-4-10/h3-6H,7-9,15H2,1-2H3,(H,16,17). The van der Waals surface area contributed by atoms with Crippen molar-refractivity contribution in [3.8, 4) is 0 Å². The van der Waals surface area contributed by atoms with E-state index < -0.39 is 0 Å². The molecular formula is C13H19FN2O. The number of halogens is 1. The molecule has 0 bridgehead atoms. The van der Waals surface area contributed by atoms with E-state index in [1.54, 1.807) is 12.1 Å². The minimum absolute atomic E-state index is 0.0531. The Morgan fingerprint density at radius 1 is 1.35 bits per heavy atom. The van der Waals surface area contributed by atoms with Crippen LogP contribution in [0.2, 0.25) is 0 Å². The second kappa shape index (κ2) is 5.77. The molecule has 0 heterocycles. The average Bonchev–Trinajstić information content (AvgIpc) is 2.28. The van der Waals surface area contributed by atoms with Crippen molar-refractivity contribution in [3.05, 3.63) is 35.6 Å². The Kier molecular flexibility index (Phi) is 4.63. The molecule has 0 saturated carbocycles. The summed E-state index contributed by atoms with van der Waals surface area (Å²) in [6.45, 7) is 4.87. The predicted octanol–water partition coefficient (Wildman–Crippen LogP) is 1.57. The number of benzene rings is 1. The van der Waals surface area contributed by atoms with Crippen molar-refractivity contribution in [2.45, 2.75) is 25.7 Å². The highest BCUT2D eigenvalue weighted by Gasteiger charge is 2.21. The first kappa shape index (κ1) is 13.6. The molecule has 1 rings (SSSR count). The normalized spacial score (nSPS) is 11.3. The minimum atomic E-state index is -0.253. The van der Waals surface area contributed by atoms with Gasteiger partial charge in [-0.15, -0.1) is 0 Å². The number of carbonyl (C=O) groups excluding carboxylic acids is 1. The maximum Gasteiger partial charge on any atom is 0.221 e. The van der Waals surface area contributed by atoms with E-state index in [9.17, 15) is 9.18 Å². The van der Waals surface area contributed by atoms with E-state index in [4.69, 9.17) is 5.73 Å². The minimum Gasteiger partial charge on any atom is -0.355 e. The maximum absolute atomic E-state index is 12.8. The van der Waals surface area contributed by atoms with Gasteiger partial charge >= 0.3 is 0 Å². The number of hydrogen-bond acceptors (Lipinski definition) is 2. The van der Waals surface area contributed by atoms with Crippen molar-refractivity contribution in [1.29, 1.82) is 0 Å². The summed E-state index contributed by atoms with van der Waals surface area (Å²) in [7, 11) is 0. The highest BCUT2D eigenvalue weighted by molar-refractivity contribution is 5.76. The molecular weight excluding hydrogens is 219 g/mol. The maximum atomic E-state index is 12.8. The first-order valence-corrected chi connectivity index (χ1v) is 5.68. The van der Waals surface area contributed by atoms with Gasteiger partial charge in [0, 0.05) is 24.9 Å². The first-order valence-electron chi connectivity index (χ1n) is 5.68. The molecule has 0 atom stereocenters. The van der Waals surface area contributed by atoms with Crippen LogP contribution in [-0.2, 0) is 10.2 Å². The van der Waals surface area contributed by atoms with Gasteiger partial charge < -0.3 is 11.1 Å². The number of nitrogens with two attached hydrogens (primary N) is 1. The van der Waals surface area contributed by atoms with Gasteiger partial charge in [-0.1, -0.05) is 26.0 Å². The van der Waals surface area contributed by atoms with E-state index >= 15 is 0 Å². The molecule has 3 N–H and O–H groups in total. The second-order valence-corrected chi connectivity index (χ2v) is 4.71. The second-order valence-electron chi connectivity index (χ2n) is 4.71. The van der Waals surface area contributed by atoms with Gasteiger partial charge in [-0.3, -0.25) is 4.79 Å². The van der Waals surface area contributed by atoms with Crippen molar-refractivity contribution < 1.29 is 9.18 Å².